The van der Waals surface area contributed by atoms with Crippen molar-refractivity contribution in [2.45, 2.75) is 17.4 Å². The van der Waals surface area contributed by atoms with Crippen LogP contribution in [-0.2, 0) is 0 Å². The zero-order valence-electron chi connectivity index (χ0n) is 20.2. The SMILES string of the molecule is Cc1cc[c]2[c](c1)[Ge]([c]1ccccc1)([c]1ccccc1)[CH2][CH2][Ge]2([c]1ccccc1)[c]1ccccc1. The topological polar surface area (TPSA) is 0 Å². The molecule has 0 nitrogen and oxygen atoms in total. The van der Waals surface area contributed by atoms with Gasteiger partial charge in [0.2, 0.25) is 0 Å². The summed E-state index contributed by atoms with van der Waals surface area (Å²) in [4.78, 5) is 0. The van der Waals surface area contributed by atoms with Crippen LogP contribution in [-0.4, -0.2) is 26.5 Å². The van der Waals surface area contributed by atoms with Gasteiger partial charge < -0.3 is 0 Å². The van der Waals surface area contributed by atoms with E-state index in [1.54, 1.807) is 26.4 Å². The Kier molecular flexibility index (Phi) is 6.03. The molecule has 1 aliphatic rings. The van der Waals surface area contributed by atoms with Crippen LogP contribution >= 0.6 is 0 Å². The van der Waals surface area contributed by atoms with Crippen molar-refractivity contribution in [1.82, 2.24) is 0 Å². The van der Waals surface area contributed by atoms with Crippen LogP contribution in [0.25, 0.3) is 0 Å². The van der Waals surface area contributed by atoms with Crippen molar-refractivity contribution in [3.05, 3.63) is 145 Å². The van der Waals surface area contributed by atoms with Gasteiger partial charge in [-0.3, -0.25) is 0 Å². The second-order valence-electron chi connectivity index (χ2n) is 9.82. The first-order valence-electron chi connectivity index (χ1n) is 12.6. The fraction of sp³-hybridized carbons (Fsp3) is 0.0909. The van der Waals surface area contributed by atoms with E-state index in [0.717, 1.165) is 0 Å². The van der Waals surface area contributed by atoms with Gasteiger partial charge in [0, 0.05) is 0 Å². The summed E-state index contributed by atoms with van der Waals surface area (Å²) in [5.41, 5.74) is 1.38. The number of hydrogen-bond donors (Lipinski definition) is 0. The summed E-state index contributed by atoms with van der Waals surface area (Å²) >= 11 is -5.81. The van der Waals surface area contributed by atoms with E-state index in [9.17, 15) is 0 Å². The Morgan fingerprint density at radius 3 is 1.11 bits per heavy atom. The van der Waals surface area contributed by atoms with Crippen LogP contribution in [0, 0.1) is 6.92 Å². The van der Waals surface area contributed by atoms with E-state index in [2.05, 4.69) is 146 Å². The summed E-state index contributed by atoms with van der Waals surface area (Å²) in [6, 6.07) is 53.5. The van der Waals surface area contributed by atoms with E-state index in [4.69, 9.17) is 0 Å². The van der Waals surface area contributed by atoms with E-state index in [0.29, 0.717) is 0 Å². The van der Waals surface area contributed by atoms with Crippen molar-refractivity contribution in [2.75, 3.05) is 0 Å². The molecular weight excluding hydrogens is 542 g/mol. The fourth-order valence-electron chi connectivity index (χ4n) is 6.45. The van der Waals surface area contributed by atoms with E-state index >= 15 is 0 Å². The third kappa shape index (κ3) is 3.66. The Bertz CT molecular complexity index is 1350. The number of aryl methyl sites for hydroxylation is 1. The molecule has 0 spiro atoms. The van der Waals surface area contributed by atoms with Gasteiger partial charge >= 0.3 is 215 Å². The van der Waals surface area contributed by atoms with E-state index in [1.165, 1.54) is 16.1 Å². The minimum atomic E-state index is -2.91. The summed E-state index contributed by atoms with van der Waals surface area (Å²) < 4.78 is 9.72. The van der Waals surface area contributed by atoms with Gasteiger partial charge in [0.25, 0.3) is 0 Å². The van der Waals surface area contributed by atoms with Crippen molar-refractivity contribution < 1.29 is 0 Å². The molecule has 5 aromatic carbocycles. The van der Waals surface area contributed by atoms with Gasteiger partial charge in [0.05, 0.1) is 0 Å². The Morgan fingerprint density at radius 1 is 0.400 bits per heavy atom. The molecule has 35 heavy (non-hydrogen) atoms. The number of rotatable bonds is 4. The predicted molar refractivity (Wildman–Crippen MR) is 156 cm³/mol. The molecule has 1 aliphatic heterocycles. The molecule has 5 aromatic rings. The fourth-order valence-corrected chi connectivity index (χ4v) is 38.8. The van der Waals surface area contributed by atoms with Crippen LogP contribution in [0.1, 0.15) is 5.56 Å². The van der Waals surface area contributed by atoms with Gasteiger partial charge in [-0.1, -0.05) is 0 Å². The number of hydrogen-bond acceptors (Lipinski definition) is 0. The molecule has 0 N–H and O–H groups in total. The van der Waals surface area contributed by atoms with Crippen molar-refractivity contribution in [3.63, 3.8) is 0 Å². The standard InChI is InChI=1S/C33H30Ge2/c1-27-22-23-32-33(26-27)35(30-18-10-4-11-19-30,31-20-12-5-13-21-31)25-24-34(32,28-14-6-2-7-15-28)29-16-8-3-9-17-29/h2-23,26H,24-25H2,1H3. The van der Waals surface area contributed by atoms with Crippen LogP contribution in [0.3, 0.4) is 0 Å². The zero-order valence-corrected chi connectivity index (χ0v) is 24.4. The van der Waals surface area contributed by atoms with Gasteiger partial charge in [-0.05, 0) is 0 Å². The van der Waals surface area contributed by atoms with Crippen molar-refractivity contribution in [2.24, 2.45) is 0 Å². The van der Waals surface area contributed by atoms with Gasteiger partial charge in [0.15, 0.2) is 0 Å². The monoisotopic (exact) mass is 574 g/mol. The third-order valence-corrected chi connectivity index (χ3v) is 32.2. The van der Waals surface area contributed by atoms with Crippen LogP contribution in [0.5, 0.6) is 0 Å². The van der Waals surface area contributed by atoms with Crippen LogP contribution in [0.4, 0.5) is 0 Å². The van der Waals surface area contributed by atoms with Gasteiger partial charge in [-0.25, -0.2) is 0 Å². The summed E-state index contributed by atoms with van der Waals surface area (Å²) in [5, 5.41) is 2.60. The average molecular weight is 572 g/mol. The average Bonchev–Trinajstić information content (AvgIpc) is 2.94. The van der Waals surface area contributed by atoms with Gasteiger partial charge in [-0.15, -0.1) is 0 Å². The van der Waals surface area contributed by atoms with Crippen LogP contribution in [0.15, 0.2) is 140 Å². The summed E-state index contributed by atoms with van der Waals surface area (Å²) in [6.45, 7) is 2.28. The van der Waals surface area contributed by atoms with Crippen LogP contribution < -0.4 is 26.4 Å². The Hall–Kier alpha value is -2.81. The maximum atomic E-state index is 2.58. The predicted octanol–water partition coefficient (Wildman–Crippen LogP) is 3.95. The minimum absolute atomic E-state index is 1.30. The Balaban J connectivity index is 1.73. The molecule has 0 saturated heterocycles. The summed E-state index contributed by atoms with van der Waals surface area (Å²) in [5.74, 6) is 0. The van der Waals surface area contributed by atoms with Gasteiger partial charge in [-0.2, -0.15) is 0 Å². The van der Waals surface area contributed by atoms with Gasteiger partial charge in [0.1, 0.15) is 0 Å². The first-order valence-corrected chi connectivity index (χ1v) is 21.8. The van der Waals surface area contributed by atoms with E-state index in [-0.39, 0.29) is 0 Å². The third-order valence-electron chi connectivity index (χ3n) is 8.04. The molecule has 0 aromatic heterocycles. The molecular formula is C33H30Ge2. The second-order valence-corrected chi connectivity index (χ2v) is 26.6. The Labute approximate surface area is 214 Å². The molecule has 0 radical (unpaired) electrons. The van der Waals surface area contributed by atoms with Crippen LogP contribution in [0.2, 0.25) is 10.5 Å². The first kappa shape index (κ1) is 22.6. The quantitative estimate of drug-likeness (QED) is 0.287. The molecule has 0 fully saturated rings. The molecule has 0 unspecified atom stereocenters. The first-order chi connectivity index (χ1) is 17.2. The van der Waals surface area contributed by atoms with E-state index in [1.807, 2.05) is 0 Å². The normalized spacial score (nSPS) is 15.8. The second kappa shape index (κ2) is 9.33. The molecule has 0 atom stereocenters. The Morgan fingerprint density at radius 2 is 0.743 bits per heavy atom. The van der Waals surface area contributed by atoms with Crippen molar-refractivity contribution in [1.29, 1.82) is 0 Å². The molecule has 0 amide bonds. The molecule has 6 rings (SSSR count). The molecule has 0 bridgehead atoms. The molecule has 170 valence electrons. The zero-order chi connectivity index (χ0) is 23.7. The molecule has 0 aliphatic carbocycles. The molecule has 2 heteroatoms. The van der Waals surface area contributed by atoms with Crippen molar-refractivity contribution >= 4 is 52.9 Å². The molecule has 0 saturated carbocycles. The summed E-state index contributed by atoms with van der Waals surface area (Å²) in [6.07, 6.45) is 0. The maximum absolute atomic E-state index is 2.91. The molecule has 1 heterocycles. The van der Waals surface area contributed by atoms with Crippen molar-refractivity contribution in [3.8, 4) is 0 Å². The number of benzene rings is 5. The number of fused-ring (bicyclic) bond motifs is 1. The van der Waals surface area contributed by atoms with E-state index < -0.39 is 26.5 Å². The summed E-state index contributed by atoms with van der Waals surface area (Å²) in [7, 11) is 0.